The van der Waals surface area contributed by atoms with Gasteiger partial charge in [0.1, 0.15) is 6.33 Å². The predicted molar refractivity (Wildman–Crippen MR) is 122 cm³/mol. The van der Waals surface area contributed by atoms with Gasteiger partial charge in [-0.25, -0.2) is 15.0 Å². The van der Waals surface area contributed by atoms with Crippen LogP contribution in [0.4, 0.5) is 11.5 Å². The molecule has 6 rings (SSSR count). The second kappa shape index (κ2) is 7.09. The van der Waals surface area contributed by atoms with Crippen LogP contribution >= 0.6 is 0 Å². The molecule has 168 valence electrons. The molecule has 1 fully saturated rings. The highest BCUT2D eigenvalue weighted by atomic mass is 16.4. The first-order valence-corrected chi connectivity index (χ1v) is 11.1. The van der Waals surface area contributed by atoms with Crippen molar-refractivity contribution in [3.05, 3.63) is 42.0 Å². The zero-order chi connectivity index (χ0) is 22.7. The molecule has 5 heterocycles. The highest BCUT2D eigenvalue weighted by Crippen LogP contribution is 2.45. The molecule has 1 N–H and O–H groups in total. The number of carbonyl (C=O) groups is 1. The Balaban J connectivity index is 1.34. The summed E-state index contributed by atoms with van der Waals surface area (Å²) in [7, 11) is 1.88. The summed E-state index contributed by atoms with van der Waals surface area (Å²) in [5.41, 5.74) is 2.93. The van der Waals surface area contributed by atoms with Gasteiger partial charge in [-0.3, -0.25) is 4.79 Å². The normalized spacial score (nSPS) is 17.2. The molecule has 0 radical (unpaired) electrons. The van der Waals surface area contributed by atoms with Crippen LogP contribution in [0.5, 0.6) is 0 Å². The summed E-state index contributed by atoms with van der Waals surface area (Å²) in [6, 6.07) is 7.99. The number of carbonyl (C=O) groups excluding carboxylic acids is 1. The minimum Gasteiger partial charge on any atom is -0.418 e. The summed E-state index contributed by atoms with van der Waals surface area (Å²) in [6.07, 6.45) is 2.98. The molecule has 0 atom stereocenters. The molecule has 4 aromatic rings. The summed E-state index contributed by atoms with van der Waals surface area (Å²) in [4.78, 5) is 28.9. The number of fused-ring (bicyclic) bond motifs is 3. The number of aryl methyl sites for hydroxylation is 1. The first-order chi connectivity index (χ1) is 16.0. The Morgan fingerprint density at radius 1 is 1.12 bits per heavy atom. The summed E-state index contributed by atoms with van der Waals surface area (Å²) in [6.45, 7) is 5.39. The van der Waals surface area contributed by atoms with E-state index in [9.17, 15) is 4.79 Å². The standard InChI is InChI=1S/C23H24N8O2/c1-13(2)20-28-29-21(33-20)19-27-16-17(30(19)3)24-12-25-18(16)31-10-8-23(9-11-31)14-6-4-5-7-15(14)26-22(23)32/h4-7,12-13H,8-11H2,1-3H3,(H,26,32). The number of anilines is 2. The predicted octanol–water partition coefficient (Wildman–Crippen LogP) is 3.03. The van der Waals surface area contributed by atoms with E-state index in [1.165, 1.54) is 0 Å². The van der Waals surface area contributed by atoms with Gasteiger partial charge in [0.25, 0.3) is 5.89 Å². The van der Waals surface area contributed by atoms with Crippen LogP contribution in [-0.2, 0) is 17.3 Å². The fourth-order valence-corrected chi connectivity index (χ4v) is 4.94. The summed E-state index contributed by atoms with van der Waals surface area (Å²) >= 11 is 0. The second-order valence-corrected chi connectivity index (χ2v) is 9.03. The number of nitrogens with one attached hydrogen (secondary N) is 1. The van der Waals surface area contributed by atoms with Gasteiger partial charge < -0.3 is 19.2 Å². The summed E-state index contributed by atoms with van der Waals surface area (Å²) in [5, 5.41) is 11.4. The van der Waals surface area contributed by atoms with Crippen molar-refractivity contribution in [3.8, 4) is 11.7 Å². The maximum absolute atomic E-state index is 12.9. The smallest absolute Gasteiger partial charge is 0.284 e. The SMILES string of the molecule is CC(C)c1nnc(-c2nc3c(N4CCC5(CC4)C(=O)Nc4ccccc45)ncnc3n2C)o1. The maximum Gasteiger partial charge on any atom is 0.284 e. The van der Waals surface area contributed by atoms with Gasteiger partial charge in [-0.15, -0.1) is 10.2 Å². The summed E-state index contributed by atoms with van der Waals surface area (Å²) in [5.74, 6) is 2.47. The topological polar surface area (TPSA) is 115 Å². The Kier molecular flexibility index (Phi) is 4.26. The van der Waals surface area contributed by atoms with Gasteiger partial charge in [0.05, 0.1) is 5.41 Å². The monoisotopic (exact) mass is 444 g/mol. The number of nitrogens with zero attached hydrogens (tertiary/aromatic N) is 7. The minimum absolute atomic E-state index is 0.0913. The van der Waals surface area contributed by atoms with E-state index in [0.29, 0.717) is 54.7 Å². The number of para-hydroxylation sites is 1. The Labute approximate surface area is 190 Å². The number of aromatic nitrogens is 6. The molecule has 3 aromatic heterocycles. The van der Waals surface area contributed by atoms with Gasteiger partial charge in [0, 0.05) is 31.7 Å². The maximum atomic E-state index is 12.9. The number of amides is 1. The third-order valence-electron chi connectivity index (χ3n) is 6.80. The molecule has 0 unspecified atom stereocenters. The van der Waals surface area contributed by atoms with E-state index in [0.717, 1.165) is 17.1 Å². The van der Waals surface area contributed by atoms with Crippen molar-refractivity contribution in [1.82, 2.24) is 29.7 Å². The Bertz CT molecular complexity index is 1380. The molecule has 1 aromatic carbocycles. The van der Waals surface area contributed by atoms with Gasteiger partial charge in [0.2, 0.25) is 17.6 Å². The van der Waals surface area contributed by atoms with Crippen LogP contribution < -0.4 is 10.2 Å². The molecular weight excluding hydrogens is 420 g/mol. The third-order valence-corrected chi connectivity index (χ3v) is 6.80. The van der Waals surface area contributed by atoms with Gasteiger partial charge in [-0.05, 0) is 24.5 Å². The lowest BCUT2D eigenvalue weighted by Gasteiger charge is -2.38. The Hall–Kier alpha value is -3.82. The average molecular weight is 444 g/mol. The van der Waals surface area contributed by atoms with E-state index in [-0.39, 0.29) is 11.8 Å². The zero-order valence-corrected chi connectivity index (χ0v) is 18.7. The van der Waals surface area contributed by atoms with E-state index >= 15 is 0 Å². The van der Waals surface area contributed by atoms with Crippen molar-refractivity contribution in [2.24, 2.45) is 7.05 Å². The first kappa shape index (κ1) is 19.8. The van der Waals surface area contributed by atoms with Gasteiger partial charge in [0.15, 0.2) is 17.0 Å². The lowest BCUT2D eigenvalue weighted by atomic mass is 9.73. The molecule has 2 aliphatic rings. The van der Waals surface area contributed by atoms with Crippen molar-refractivity contribution >= 4 is 28.6 Å². The van der Waals surface area contributed by atoms with Crippen LogP contribution in [0.3, 0.4) is 0 Å². The molecule has 1 saturated heterocycles. The van der Waals surface area contributed by atoms with Crippen molar-refractivity contribution in [1.29, 1.82) is 0 Å². The number of hydrogen-bond donors (Lipinski definition) is 1. The van der Waals surface area contributed by atoms with Gasteiger partial charge in [-0.1, -0.05) is 32.0 Å². The minimum atomic E-state index is -0.481. The lowest BCUT2D eigenvalue weighted by molar-refractivity contribution is -0.121. The average Bonchev–Trinajstić information content (AvgIpc) is 3.51. The number of benzene rings is 1. The van der Waals surface area contributed by atoms with Crippen LogP contribution in [0, 0.1) is 0 Å². The number of hydrogen-bond acceptors (Lipinski definition) is 8. The molecule has 10 heteroatoms. The lowest BCUT2D eigenvalue weighted by Crippen LogP contribution is -2.46. The van der Waals surface area contributed by atoms with Crippen LogP contribution in [0.25, 0.3) is 22.9 Å². The van der Waals surface area contributed by atoms with Crippen LogP contribution in [0.1, 0.15) is 44.1 Å². The van der Waals surface area contributed by atoms with Gasteiger partial charge >= 0.3 is 0 Å². The fraction of sp³-hybridized carbons (Fsp3) is 0.391. The van der Waals surface area contributed by atoms with Crippen molar-refractivity contribution in [2.45, 2.75) is 38.0 Å². The highest BCUT2D eigenvalue weighted by Gasteiger charge is 2.48. The molecule has 1 amide bonds. The van der Waals surface area contributed by atoms with Crippen LogP contribution in [0.15, 0.2) is 35.0 Å². The largest absolute Gasteiger partial charge is 0.418 e. The number of imidazole rings is 1. The van der Waals surface area contributed by atoms with E-state index in [1.54, 1.807) is 6.33 Å². The van der Waals surface area contributed by atoms with Crippen LogP contribution in [-0.4, -0.2) is 48.7 Å². The number of rotatable bonds is 3. The van der Waals surface area contributed by atoms with Crippen molar-refractivity contribution in [2.75, 3.05) is 23.3 Å². The molecule has 1 spiro atoms. The number of piperidine rings is 1. The van der Waals surface area contributed by atoms with E-state index in [1.807, 2.05) is 43.7 Å². The van der Waals surface area contributed by atoms with Gasteiger partial charge in [-0.2, -0.15) is 0 Å². The molecule has 2 aliphatic heterocycles. The second-order valence-electron chi connectivity index (χ2n) is 9.03. The molecule has 10 nitrogen and oxygen atoms in total. The van der Waals surface area contributed by atoms with E-state index < -0.39 is 5.41 Å². The summed E-state index contributed by atoms with van der Waals surface area (Å²) < 4.78 is 7.67. The van der Waals surface area contributed by atoms with Crippen LogP contribution in [0.2, 0.25) is 0 Å². The van der Waals surface area contributed by atoms with E-state index in [2.05, 4.69) is 36.4 Å². The van der Waals surface area contributed by atoms with Crippen molar-refractivity contribution in [3.63, 3.8) is 0 Å². The van der Waals surface area contributed by atoms with E-state index in [4.69, 9.17) is 9.40 Å². The Morgan fingerprint density at radius 2 is 1.91 bits per heavy atom. The highest BCUT2D eigenvalue weighted by molar-refractivity contribution is 6.06. The molecule has 0 bridgehead atoms. The molecular formula is C23H24N8O2. The molecule has 0 saturated carbocycles. The third kappa shape index (κ3) is 2.86. The fourth-order valence-electron chi connectivity index (χ4n) is 4.94. The molecule has 0 aliphatic carbocycles. The Morgan fingerprint density at radius 3 is 2.67 bits per heavy atom. The first-order valence-electron chi connectivity index (χ1n) is 11.1. The zero-order valence-electron chi connectivity index (χ0n) is 18.7. The quantitative estimate of drug-likeness (QED) is 0.513. The van der Waals surface area contributed by atoms with Crippen molar-refractivity contribution < 1.29 is 9.21 Å². The molecule has 33 heavy (non-hydrogen) atoms.